The van der Waals surface area contributed by atoms with E-state index in [4.69, 9.17) is 9.84 Å². The third-order valence-corrected chi connectivity index (χ3v) is 4.19. The van der Waals surface area contributed by atoms with Gasteiger partial charge in [-0.1, -0.05) is 6.07 Å². The zero-order valence-corrected chi connectivity index (χ0v) is 13.8. The standard InChI is InChI=1S/C17H28N2O3/c1-13-6-14(8-17(7-13)22-12-16(21)11-20)9-19(3)15-4-5-18(2)10-15/h6-8,15-16,20-21H,4-5,9-12H2,1-3H3/t15-,16-/m1/s1. The molecule has 1 fully saturated rings. The van der Waals surface area contributed by atoms with Crippen LogP contribution in [0.1, 0.15) is 17.5 Å². The van der Waals surface area contributed by atoms with E-state index in [2.05, 4.69) is 30.0 Å². The molecule has 0 unspecified atom stereocenters. The van der Waals surface area contributed by atoms with E-state index in [1.807, 2.05) is 19.1 Å². The maximum Gasteiger partial charge on any atom is 0.120 e. The van der Waals surface area contributed by atoms with Crippen LogP contribution in [0.2, 0.25) is 0 Å². The topological polar surface area (TPSA) is 56.2 Å². The third-order valence-electron chi connectivity index (χ3n) is 4.19. The number of hydrogen-bond donors (Lipinski definition) is 2. The molecule has 0 saturated carbocycles. The Morgan fingerprint density at radius 1 is 1.41 bits per heavy atom. The van der Waals surface area contributed by atoms with Crippen molar-refractivity contribution in [1.82, 2.24) is 9.80 Å². The number of rotatable bonds is 7. The van der Waals surface area contributed by atoms with E-state index >= 15 is 0 Å². The van der Waals surface area contributed by atoms with Gasteiger partial charge in [0.05, 0.1) is 6.61 Å². The summed E-state index contributed by atoms with van der Waals surface area (Å²) in [6, 6.07) is 6.75. The van der Waals surface area contributed by atoms with Gasteiger partial charge < -0.3 is 19.8 Å². The van der Waals surface area contributed by atoms with Crippen LogP contribution in [0.25, 0.3) is 0 Å². The van der Waals surface area contributed by atoms with E-state index in [0.29, 0.717) is 6.04 Å². The van der Waals surface area contributed by atoms with Crippen LogP contribution in [-0.4, -0.2) is 72.6 Å². The van der Waals surface area contributed by atoms with Crippen LogP contribution in [0.3, 0.4) is 0 Å². The Balaban J connectivity index is 1.96. The first-order valence-corrected chi connectivity index (χ1v) is 7.89. The van der Waals surface area contributed by atoms with Gasteiger partial charge in [0.25, 0.3) is 0 Å². The summed E-state index contributed by atoms with van der Waals surface area (Å²) < 4.78 is 5.57. The van der Waals surface area contributed by atoms with Crippen LogP contribution in [-0.2, 0) is 6.54 Å². The quantitative estimate of drug-likeness (QED) is 0.782. The van der Waals surface area contributed by atoms with Crippen LogP contribution in [0, 0.1) is 6.92 Å². The summed E-state index contributed by atoms with van der Waals surface area (Å²) in [5, 5.41) is 18.2. The molecular weight excluding hydrogens is 280 g/mol. The molecule has 22 heavy (non-hydrogen) atoms. The molecule has 2 rings (SSSR count). The number of aliphatic hydroxyl groups excluding tert-OH is 2. The summed E-state index contributed by atoms with van der Waals surface area (Å²) in [5.41, 5.74) is 2.36. The molecule has 1 aromatic carbocycles. The minimum atomic E-state index is -0.833. The van der Waals surface area contributed by atoms with Crippen LogP contribution in [0.15, 0.2) is 18.2 Å². The fourth-order valence-corrected chi connectivity index (χ4v) is 2.93. The number of aryl methyl sites for hydroxylation is 1. The fourth-order valence-electron chi connectivity index (χ4n) is 2.93. The summed E-state index contributed by atoms with van der Waals surface area (Å²) in [6.45, 7) is 5.05. The molecule has 0 amide bonds. The Bertz CT molecular complexity index is 481. The van der Waals surface area contributed by atoms with Crippen molar-refractivity contribution in [2.45, 2.75) is 32.0 Å². The van der Waals surface area contributed by atoms with Gasteiger partial charge in [-0.25, -0.2) is 0 Å². The molecule has 0 spiro atoms. The number of aliphatic hydroxyl groups is 2. The number of likely N-dealkylation sites (N-methyl/N-ethyl adjacent to an activating group) is 2. The lowest BCUT2D eigenvalue weighted by Crippen LogP contribution is -2.33. The Kier molecular flexibility index (Phi) is 6.20. The van der Waals surface area contributed by atoms with Gasteiger partial charge in [-0.05, 0) is 57.2 Å². The average molecular weight is 308 g/mol. The lowest BCUT2D eigenvalue weighted by molar-refractivity contribution is 0.0535. The molecule has 5 heteroatoms. The summed E-state index contributed by atoms with van der Waals surface area (Å²) in [7, 11) is 4.33. The van der Waals surface area contributed by atoms with Crippen molar-refractivity contribution in [3.63, 3.8) is 0 Å². The van der Waals surface area contributed by atoms with Crippen LogP contribution < -0.4 is 4.74 Å². The predicted molar refractivity (Wildman–Crippen MR) is 87.1 cm³/mol. The fraction of sp³-hybridized carbons (Fsp3) is 0.647. The van der Waals surface area contributed by atoms with Crippen LogP contribution in [0.5, 0.6) is 5.75 Å². The Labute approximate surface area is 133 Å². The summed E-state index contributed by atoms with van der Waals surface area (Å²) in [6.07, 6.45) is 0.380. The largest absolute Gasteiger partial charge is 0.491 e. The molecule has 1 aliphatic rings. The van der Waals surface area contributed by atoms with Gasteiger partial charge in [0.1, 0.15) is 18.5 Å². The summed E-state index contributed by atoms with van der Waals surface area (Å²) in [4.78, 5) is 4.76. The Hall–Kier alpha value is -1.14. The third kappa shape index (κ3) is 4.95. The van der Waals surface area contributed by atoms with Crippen LogP contribution >= 0.6 is 0 Å². The van der Waals surface area contributed by atoms with Crippen molar-refractivity contribution in [2.75, 3.05) is 40.4 Å². The molecule has 0 radical (unpaired) electrons. The molecule has 1 aromatic rings. The molecule has 1 heterocycles. The molecule has 2 N–H and O–H groups in total. The van der Waals surface area contributed by atoms with E-state index in [-0.39, 0.29) is 13.2 Å². The average Bonchev–Trinajstić information content (AvgIpc) is 2.91. The van der Waals surface area contributed by atoms with Gasteiger partial charge in [-0.3, -0.25) is 4.90 Å². The molecule has 1 aliphatic heterocycles. The molecule has 1 saturated heterocycles. The van der Waals surface area contributed by atoms with Crippen molar-refractivity contribution < 1.29 is 14.9 Å². The first kappa shape index (κ1) is 17.2. The second-order valence-electron chi connectivity index (χ2n) is 6.42. The first-order valence-electron chi connectivity index (χ1n) is 7.89. The lowest BCUT2D eigenvalue weighted by Gasteiger charge is -2.24. The SMILES string of the molecule is Cc1cc(CN(C)[C@@H]2CCN(C)C2)cc(OC[C@H](O)CO)c1. The Morgan fingerprint density at radius 3 is 2.82 bits per heavy atom. The Morgan fingerprint density at radius 2 is 2.18 bits per heavy atom. The second kappa shape index (κ2) is 7.92. The summed E-state index contributed by atoms with van der Waals surface area (Å²) >= 11 is 0. The van der Waals surface area contributed by atoms with Gasteiger partial charge in [0, 0.05) is 19.1 Å². The molecule has 0 aliphatic carbocycles. The minimum absolute atomic E-state index is 0.114. The number of ether oxygens (including phenoxy) is 1. The van der Waals surface area contributed by atoms with Crippen molar-refractivity contribution in [3.05, 3.63) is 29.3 Å². The monoisotopic (exact) mass is 308 g/mol. The van der Waals surface area contributed by atoms with Crippen molar-refractivity contribution in [3.8, 4) is 5.75 Å². The van der Waals surface area contributed by atoms with Crippen LogP contribution in [0.4, 0.5) is 0 Å². The highest BCUT2D eigenvalue weighted by Crippen LogP contribution is 2.20. The van der Waals surface area contributed by atoms with Gasteiger partial charge in [0.15, 0.2) is 0 Å². The highest BCUT2D eigenvalue weighted by Gasteiger charge is 2.23. The maximum atomic E-state index is 9.38. The molecule has 0 aromatic heterocycles. The normalized spacial score (nSPS) is 20.5. The van der Waals surface area contributed by atoms with E-state index in [9.17, 15) is 5.11 Å². The van der Waals surface area contributed by atoms with Crippen molar-refractivity contribution >= 4 is 0 Å². The molecule has 124 valence electrons. The zero-order valence-electron chi connectivity index (χ0n) is 13.8. The first-order chi connectivity index (χ1) is 10.5. The van der Waals surface area contributed by atoms with Gasteiger partial charge >= 0.3 is 0 Å². The maximum absolute atomic E-state index is 9.38. The van der Waals surface area contributed by atoms with E-state index in [1.165, 1.54) is 12.0 Å². The number of hydrogen-bond acceptors (Lipinski definition) is 5. The number of nitrogens with zero attached hydrogens (tertiary/aromatic N) is 2. The van der Waals surface area contributed by atoms with E-state index < -0.39 is 6.10 Å². The van der Waals surface area contributed by atoms with Gasteiger partial charge in [-0.2, -0.15) is 0 Å². The van der Waals surface area contributed by atoms with Gasteiger partial charge in [0.2, 0.25) is 0 Å². The van der Waals surface area contributed by atoms with E-state index in [1.54, 1.807) is 0 Å². The highest BCUT2D eigenvalue weighted by molar-refractivity contribution is 5.34. The summed E-state index contributed by atoms with van der Waals surface area (Å²) in [5.74, 6) is 0.749. The molecule has 0 bridgehead atoms. The molecule has 5 nitrogen and oxygen atoms in total. The number of likely N-dealkylation sites (tertiary alicyclic amines) is 1. The minimum Gasteiger partial charge on any atom is -0.491 e. The number of benzene rings is 1. The second-order valence-corrected chi connectivity index (χ2v) is 6.42. The molecular formula is C17H28N2O3. The van der Waals surface area contributed by atoms with Gasteiger partial charge in [-0.15, -0.1) is 0 Å². The molecule has 2 atom stereocenters. The predicted octanol–water partition coefficient (Wildman–Crippen LogP) is 0.863. The lowest BCUT2D eigenvalue weighted by atomic mass is 10.1. The smallest absolute Gasteiger partial charge is 0.120 e. The zero-order chi connectivity index (χ0) is 16.1. The highest BCUT2D eigenvalue weighted by atomic mass is 16.5. The van der Waals surface area contributed by atoms with Crippen molar-refractivity contribution in [1.29, 1.82) is 0 Å². The van der Waals surface area contributed by atoms with E-state index in [0.717, 1.165) is 30.9 Å². The van der Waals surface area contributed by atoms with Crippen molar-refractivity contribution in [2.24, 2.45) is 0 Å².